The lowest BCUT2D eigenvalue weighted by Crippen LogP contribution is -2.49. The Morgan fingerprint density at radius 3 is 2.76 bits per heavy atom. The first-order chi connectivity index (χ1) is 12.1. The van der Waals surface area contributed by atoms with Crippen LogP contribution in [0.4, 0.5) is 0 Å². The van der Waals surface area contributed by atoms with Crippen molar-refractivity contribution in [2.24, 2.45) is 0 Å². The van der Waals surface area contributed by atoms with Gasteiger partial charge in [-0.1, -0.05) is 12.1 Å². The van der Waals surface area contributed by atoms with Crippen LogP contribution >= 0.6 is 0 Å². The molecule has 6 nitrogen and oxygen atoms in total. The quantitative estimate of drug-likeness (QED) is 0.880. The highest BCUT2D eigenvalue weighted by Crippen LogP contribution is 2.18. The number of piperidine rings is 1. The number of likely N-dealkylation sites (tertiary alicyclic amines) is 1. The van der Waals surface area contributed by atoms with Gasteiger partial charge in [0.2, 0.25) is 0 Å². The van der Waals surface area contributed by atoms with E-state index in [2.05, 4.69) is 5.32 Å². The second-order valence-corrected chi connectivity index (χ2v) is 6.77. The van der Waals surface area contributed by atoms with Gasteiger partial charge in [-0.05, 0) is 50.3 Å². The number of hydrogen-bond donors (Lipinski definition) is 1. The molecule has 0 bridgehead atoms. The van der Waals surface area contributed by atoms with Crippen molar-refractivity contribution < 1.29 is 19.1 Å². The molecule has 6 heteroatoms. The van der Waals surface area contributed by atoms with Crippen LogP contribution in [0, 0.1) is 6.92 Å². The van der Waals surface area contributed by atoms with Gasteiger partial charge in [-0.2, -0.15) is 0 Å². The number of rotatable bonds is 5. The third-order valence-electron chi connectivity index (χ3n) is 4.74. The van der Waals surface area contributed by atoms with Gasteiger partial charge < -0.3 is 19.7 Å². The van der Waals surface area contributed by atoms with Gasteiger partial charge in [0.1, 0.15) is 11.9 Å². The van der Waals surface area contributed by atoms with Gasteiger partial charge in [0, 0.05) is 25.7 Å². The number of aryl methyl sites for hydroxylation is 1. The summed E-state index contributed by atoms with van der Waals surface area (Å²) in [6.07, 6.45) is 3.08. The zero-order valence-corrected chi connectivity index (χ0v) is 14.7. The fourth-order valence-corrected chi connectivity index (χ4v) is 3.34. The van der Waals surface area contributed by atoms with E-state index in [0.29, 0.717) is 25.4 Å². The Balaban J connectivity index is 1.38. The fraction of sp³-hybridized carbons (Fsp3) is 0.579. The highest BCUT2D eigenvalue weighted by molar-refractivity contribution is 5.81. The van der Waals surface area contributed by atoms with Crippen molar-refractivity contribution in [2.75, 3.05) is 26.3 Å². The zero-order valence-electron chi connectivity index (χ0n) is 14.7. The fourth-order valence-electron chi connectivity index (χ4n) is 3.34. The van der Waals surface area contributed by atoms with E-state index >= 15 is 0 Å². The van der Waals surface area contributed by atoms with Gasteiger partial charge >= 0.3 is 0 Å². The molecule has 1 aromatic carbocycles. The second kappa shape index (κ2) is 8.34. The summed E-state index contributed by atoms with van der Waals surface area (Å²) >= 11 is 0. The van der Waals surface area contributed by atoms with E-state index in [1.807, 2.05) is 36.1 Å². The van der Waals surface area contributed by atoms with E-state index in [1.54, 1.807) is 0 Å². The molecule has 2 amide bonds. The molecule has 1 unspecified atom stereocenters. The van der Waals surface area contributed by atoms with Crippen LogP contribution in [0.1, 0.15) is 31.2 Å². The van der Waals surface area contributed by atoms with Crippen molar-refractivity contribution in [2.45, 2.75) is 44.8 Å². The minimum atomic E-state index is -0.256. The molecule has 0 spiro atoms. The van der Waals surface area contributed by atoms with Gasteiger partial charge in [-0.25, -0.2) is 0 Å². The summed E-state index contributed by atoms with van der Waals surface area (Å²) in [4.78, 5) is 26.2. The summed E-state index contributed by atoms with van der Waals surface area (Å²) in [5.41, 5.74) is 1.10. The third-order valence-corrected chi connectivity index (χ3v) is 4.74. The maximum absolute atomic E-state index is 12.3. The topological polar surface area (TPSA) is 67.9 Å². The van der Waals surface area contributed by atoms with E-state index in [4.69, 9.17) is 9.47 Å². The average Bonchev–Trinajstić information content (AvgIpc) is 3.15. The molecule has 0 aliphatic carbocycles. The first-order valence-electron chi connectivity index (χ1n) is 9.01. The molecule has 1 N–H and O–H groups in total. The number of benzene rings is 1. The van der Waals surface area contributed by atoms with Gasteiger partial charge in [0.25, 0.3) is 11.8 Å². The third kappa shape index (κ3) is 4.95. The van der Waals surface area contributed by atoms with Crippen LogP contribution in [0.25, 0.3) is 0 Å². The van der Waals surface area contributed by atoms with Crippen LogP contribution in [0.3, 0.4) is 0 Å². The molecule has 2 heterocycles. The van der Waals surface area contributed by atoms with Gasteiger partial charge in [-0.15, -0.1) is 0 Å². The molecule has 0 aromatic heterocycles. The molecule has 0 saturated carbocycles. The molecule has 3 rings (SSSR count). The monoisotopic (exact) mass is 346 g/mol. The summed E-state index contributed by atoms with van der Waals surface area (Å²) in [6, 6.07) is 7.74. The van der Waals surface area contributed by atoms with Crippen molar-refractivity contribution in [1.29, 1.82) is 0 Å². The molecular formula is C19H26N2O4. The number of amides is 2. The van der Waals surface area contributed by atoms with Crippen LogP contribution in [0.15, 0.2) is 24.3 Å². The Kier molecular flexibility index (Phi) is 5.91. The SMILES string of the molecule is Cc1cccc(OCC(=O)NC2CCN(C(=O)C3CCCO3)CC2)c1. The highest BCUT2D eigenvalue weighted by atomic mass is 16.5. The number of nitrogens with zero attached hydrogens (tertiary/aromatic N) is 1. The van der Waals surface area contributed by atoms with Gasteiger partial charge in [0.05, 0.1) is 0 Å². The van der Waals surface area contributed by atoms with E-state index in [-0.39, 0.29) is 30.6 Å². The molecule has 2 fully saturated rings. The second-order valence-electron chi connectivity index (χ2n) is 6.77. The normalized spacial score (nSPS) is 21.2. The molecule has 2 saturated heterocycles. The molecule has 25 heavy (non-hydrogen) atoms. The lowest BCUT2D eigenvalue weighted by Gasteiger charge is -2.33. The molecule has 1 atom stereocenters. The predicted molar refractivity (Wildman–Crippen MR) is 93.4 cm³/mol. The molecule has 0 radical (unpaired) electrons. The van der Waals surface area contributed by atoms with E-state index in [1.165, 1.54) is 0 Å². The van der Waals surface area contributed by atoms with E-state index in [9.17, 15) is 9.59 Å². The number of carbonyl (C=O) groups excluding carboxylic acids is 2. The summed E-state index contributed by atoms with van der Waals surface area (Å²) in [6.45, 7) is 4.02. The summed E-state index contributed by atoms with van der Waals surface area (Å²) in [5.74, 6) is 0.683. The Morgan fingerprint density at radius 2 is 2.08 bits per heavy atom. The number of hydrogen-bond acceptors (Lipinski definition) is 4. The standard InChI is InChI=1S/C19H26N2O4/c1-14-4-2-5-16(12-14)25-13-18(22)20-15-7-9-21(10-8-15)19(23)17-6-3-11-24-17/h2,4-5,12,15,17H,3,6-11,13H2,1H3,(H,20,22). The van der Waals surface area contributed by atoms with Crippen molar-refractivity contribution >= 4 is 11.8 Å². The maximum atomic E-state index is 12.3. The zero-order chi connectivity index (χ0) is 17.6. The minimum Gasteiger partial charge on any atom is -0.484 e. The summed E-state index contributed by atoms with van der Waals surface area (Å²) < 4.78 is 11.0. The Morgan fingerprint density at radius 1 is 1.28 bits per heavy atom. The Labute approximate surface area is 148 Å². The first-order valence-corrected chi connectivity index (χ1v) is 9.01. The van der Waals surface area contributed by atoms with Crippen LogP contribution in [-0.2, 0) is 14.3 Å². The number of nitrogens with one attached hydrogen (secondary N) is 1. The van der Waals surface area contributed by atoms with Crippen LogP contribution in [0.2, 0.25) is 0 Å². The van der Waals surface area contributed by atoms with Crippen LogP contribution in [0.5, 0.6) is 5.75 Å². The Hall–Kier alpha value is -2.08. The van der Waals surface area contributed by atoms with Crippen molar-refractivity contribution in [1.82, 2.24) is 10.2 Å². The van der Waals surface area contributed by atoms with Crippen LogP contribution in [-0.4, -0.2) is 55.2 Å². The summed E-state index contributed by atoms with van der Waals surface area (Å²) in [7, 11) is 0. The lowest BCUT2D eigenvalue weighted by atomic mass is 10.0. The minimum absolute atomic E-state index is 0.0124. The largest absolute Gasteiger partial charge is 0.484 e. The van der Waals surface area contributed by atoms with E-state index in [0.717, 1.165) is 31.2 Å². The summed E-state index contributed by atoms with van der Waals surface area (Å²) in [5, 5.41) is 3.00. The van der Waals surface area contributed by atoms with Crippen molar-refractivity contribution in [3.8, 4) is 5.75 Å². The predicted octanol–water partition coefficient (Wildman–Crippen LogP) is 1.66. The molecular weight excluding hydrogens is 320 g/mol. The molecule has 2 aliphatic rings. The number of ether oxygens (including phenoxy) is 2. The molecule has 136 valence electrons. The molecule has 1 aromatic rings. The highest BCUT2D eigenvalue weighted by Gasteiger charge is 2.31. The van der Waals surface area contributed by atoms with Crippen molar-refractivity contribution in [3.63, 3.8) is 0 Å². The van der Waals surface area contributed by atoms with E-state index < -0.39 is 0 Å². The number of carbonyl (C=O) groups is 2. The maximum Gasteiger partial charge on any atom is 0.258 e. The first kappa shape index (κ1) is 17.7. The van der Waals surface area contributed by atoms with Gasteiger partial charge in [0.15, 0.2) is 6.61 Å². The van der Waals surface area contributed by atoms with Crippen molar-refractivity contribution in [3.05, 3.63) is 29.8 Å². The molecule has 2 aliphatic heterocycles. The average molecular weight is 346 g/mol. The van der Waals surface area contributed by atoms with Gasteiger partial charge in [-0.3, -0.25) is 9.59 Å². The Bertz CT molecular complexity index is 605. The van der Waals surface area contributed by atoms with Crippen LogP contribution < -0.4 is 10.1 Å². The lowest BCUT2D eigenvalue weighted by molar-refractivity contribution is -0.142. The smallest absolute Gasteiger partial charge is 0.258 e.